The van der Waals surface area contributed by atoms with Crippen LogP contribution >= 0.6 is 34.1 Å². The fourth-order valence-electron chi connectivity index (χ4n) is 1.98. The van der Waals surface area contributed by atoms with Crippen molar-refractivity contribution in [2.75, 3.05) is 0 Å². The molecule has 0 nitrogen and oxygen atoms in total. The monoisotopic (exact) mass is 305 g/mol. The van der Waals surface area contributed by atoms with Crippen LogP contribution in [0.2, 0.25) is 10.0 Å². The standard InChI is InChI=1S/C16H11Cl2S/c17-13-5-3-12(4-6-13)16-2-1-11-19(16)15-9-7-14(18)8-10-15/h1-10,19H. The number of benzene rings is 2. The van der Waals surface area contributed by atoms with Gasteiger partial charge in [-0.25, -0.2) is 0 Å². The highest BCUT2D eigenvalue weighted by atomic mass is 35.5. The Bertz CT molecular complexity index is 639. The van der Waals surface area contributed by atoms with Crippen LogP contribution in [0.1, 0.15) is 5.56 Å². The van der Waals surface area contributed by atoms with E-state index in [9.17, 15) is 0 Å². The molecule has 3 heteroatoms. The van der Waals surface area contributed by atoms with Crippen molar-refractivity contribution in [1.29, 1.82) is 0 Å². The molecule has 0 saturated heterocycles. The molecule has 2 aromatic rings. The molecule has 0 fully saturated rings. The molecular weight excluding hydrogens is 295 g/mol. The van der Waals surface area contributed by atoms with Crippen molar-refractivity contribution in [3.63, 3.8) is 0 Å². The predicted octanol–water partition coefficient (Wildman–Crippen LogP) is 5.73. The molecule has 0 aromatic heterocycles. The van der Waals surface area contributed by atoms with E-state index in [1.807, 2.05) is 30.3 Å². The lowest BCUT2D eigenvalue weighted by Gasteiger charge is -2.18. The summed E-state index contributed by atoms with van der Waals surface area (Å²) in [6, 6.07) is 16.0. The SMILES string of the molecule is Clc1ccc(C2=CC=[C][SH]2c2ccc(Cl)cc2)cc1. The van der Waals surface area contributed by atoms with Gasteiger partial charge < -0.3 is 0 Å². The molecule has 19 heavy (non-hydrogen) atoms. The average Bonchev–Trinajstić information content (AvgIpc) is 2.90. The molecule has 0 spiro atoms. The lowest BCUT2D eigenvalue weighted by molar-refractivity contribution is 1.46. The first-order valence-corrected chi connectivity index (χ1v) is 7.95. The van der Waals surface area contributed by atoms with E-state index >= 15 is 0 Å². The molecule has 0 amide bonds. The molecular formula is C16H11Cl2S. The first kappa shape index (κ1) is 12.9. The van der Waals surface area contributed by atoms with Crippen molar-refractivity contribution in [2.45, 2.75) is 4.90 Å². The van der Waals surface area contributed by atoms with Gasteiger partial charge in [-0.1, -0.05) is 35.3 Å². The Balaban J connectivity index is 1.94. The van der Waals surface area contributed by atoms with Crippen LogP contribution < -0.4 is 0 Å². The second kappa shape index (κ2) is 5.46. The molecule has 3 rings (SSSR count). The van der Waals surface area contributed by atoms with Gasteiger partial charge in [-0.05, 0) is 59.0 Å². The van der Waals surface area contributed by atoms with Gasteiger partial charge in [0.25, 0.3) is 0 Å². The normalized spacial score (nSPS) is 19.5. The van der Waals surface area contributed by atoms with Crippen molar-refractivity contribution in [1.82, 2.24) is 0 Å². The quantitative estimate of drug-likeness (QED) is 0.673. The third kappa shape index (κ3) is 2.74. The van der Waals surface area contributed by atoms with Crippen molar-refractivity contribution in [3.05, 3.63) is 81.7 Å². The minimum atomic E-state index is -0.548. The molecule has 1 unspecified atom stereocenters. The summed E-state index contributed by atoms with van der Waals surface area (Å²) in [4.78, 5) is 2.56. The Hall–Kier alpha value is -1.15. The first-order chi connectivity index (χ1) is 9.24. The molecule has 95 valence electrons. The summed E-state index contributed by atoms with van der Waals surface area (Å²) in [6.45, 7) is 0. The van der Waals surface area contributed by atoms with Crippen LogP contribution in [0.15, 0.2) is 65.6 Å². The van der Waals surface area contributed by atoms with Crippen LogP contribution in [0.25, 0.3) is 4.91 Å². The molecule has 1 radical (unpaired) electrons. The molecule has 1 aliphatic rings. The van der Waals surface area contributed by atoms with Crippen LogP contribution in [0, 0.1) is 5.41 Å². The minimum absolute atomic E-state index is 0.548. The molecule has 0 N–H and O–H groups in total. The highest BCUT2D eigenvalue weighted by molar-refractivity contribution is 8.26. The van der Waals surface area contributed by atoms with Crippen LogP contribution in [0.3, 0.4) is 0 Å². The van der Waals surface area contributed by atoms with E-state index in [-0.39, 0.29) is 0 Å². The maximum absolute atomic E-state index is 5.94. The van der Waals surface area contributed by atoms with E-state index in [2.05, 4.69) is 35.7 Å². The molecule has 1 atom stereocenters. The second-order valence-corrected chi connectivity index (χ2v) is 6.97. The molecule has 1 heterocycles. The van der Waals surface area contributed by atoms with Crippen molar-refractivity contribution >= 4 is 39.0 Å². The van der Waals surface area contributed by atoms with E-state index in [1.54, 1.807) is 0 Å². The van der Waals surface area contributed by atoms with Crippen LogP contribution in [0.5, 0.6) is 0 Å². The second-order valence-electron chi connectivity index (χ2n) is 4.17. The van der Waals surface area contributed by atoms with Crippen molar-refractivity contribution < 1.29 is 0 Å². The lowest BCUT2D eigenvalue weighted by atomic mass is 10.2. The van der Waals surface area contributed by atoms with E-state index < -0.39 is 10.9 Å². The first-order valence-electron chi connectivity index (χ1n) is 5.85. The molecule has 0 saturated carbocycles. The zero-order valence-electron chi connectivity index (χ0n) is 9.98. The van der Waals surface area contributed by atoms with Gasteiger partial charge in [0.05, 0.1) is 0 Å². The summed E-state index contributed by atoms with van der Waals surface area (Å²) in [5, 5.41) is 4.95. The lowest BCUT2D eigenvalue weighted by Crippen LogP contribution is -1.84. The largest absolute Gasteiger partial charge is 0.171 e. The number of hydrogen-bond donors (Lipinski definition) is 1. The summed E-state index contributed by atoms with van der Waals surface area (Å²) in [5.41, 5.74) is 1.20. The number of hydrogen-bond acceptors (Lipinski definition) is 0. The number of halogens is 2. The fourth-order valence-corrected chi connectivity index (χ4v) is 4.10. The number of allylic oxidation sites excluding steroid dienone is 2. The molecule has 0 bridgehead atoms. The predicted molar refractivity (Wildman–Crippen MR) is 85.9 cm³/mol. The van der Waals surface area contributed by atoms with Gasteiger partial charge >= 0.3 is 0 Å². The zero-order chi connectivity index (χ0) is 13.2. The van der Waals surface area contributed by atoms with Crippen molar-refractivity contribution in [3.8, 4) is 0 Å². The highest BCUT2D eigenvalue weighted by Gasteiger charge is 2.15. The smallest absolute Gasteiger partial charge is 0.0406 e. The van der Waals surface area contributed by atoms with Gasteiger partial charge in [0.15, 0.2) is 0 Å². The van der Waals surface area contributed by atoms with Crippen molar-refractivity contribution in [2.24, 2.45) is 0 Å². The number of rotatable bonds is 2. The highest BCUT2D eigenvalue weighted by Crippen LogP contribution is 2.52. The maximum atomic E-state index is 5.94. The Morgan fingerprint density at radius 1 is 0.789 bits per heavy atom. The van der Waals surface area contributed by atoms with E-state index in [4.69, 9.17) is 23.2 Å². The zero-order valence-corrected chi connectivity index (χ0v) is 12.4. The average molecular weight is 306 g/mol. The maximum Gasteiger partial charge on any atom is 0.0406 e. The Kier molecular flexibility index (Phi) is 3.69. The van der Waals surface area contributed by atoms with Crippen LogP contribution in [0.4, 0.5) is 0 Å². The molecule has 2 aromatic carbocycles. The molecule has 1 aliphatic heterocycles. The van der Waals surface area contributed by atoms with Gasteiger partial charge in [-0.2, -0.15) is 10.9 Å². The van der Waals surface area contributed by atoms with Gasteiger partial charge in [-0.3, -0.25) is 0 Å². The van der Waals surface area contributed by atoms with Gasteiger partial charge in [0.1, 0.15) is 0 Å². The summed E-state index contributed by atoms with van der Waals surface area (Å²) < 4.78 is 0. The van der Waals surface area contributed by atoms with Crippen LogP contribution in [-0.2, 0) is 0 Å². The summed E-state index contributed by atoms with van der Waals surface area (Å²) in [7, 11) is -0.548. The third-order valence-electron chi connectivity index (χ3n) is 2.91. The van der Waals surface area contributed by atoms with E-state index in [0.717, 1.165) is 10.0 Å². The van der Waals surface area contributed by atoms with E-state index in [0.29, 0.717) is 0 Å². The van der Waals surface area contributed by atoms with Gasteiger partial charge in [-0.15, -0.1) is 0 Å². The minimum Gasteiger partial charge on any atom is -0.171 e. The third-order valence-corrected chi connectivity index (χ3v) is 5.53. The van der Waals surface area contributed by atoms with E-state index in [1.165, 1.54) is 15.4 Å². The van der Waals surface area contributed by atoms with Crippen LogP contribution in [-0.4, -0.2) is 0 Å². The topological polar surface area (TPSA) is 0 Å². The summed E-state index contributed by atoms with van der Waals surface area (Å²) >= 11 is 11.9. The summed E-state index contributed by atoms with van der Waals surface area (Å²) in [6.07, 6.45) is 4.13. The Labute approximate surface area is 125 Å². The number of thiol groups is 1. The van der Waals surface area contributed by atoms with Gasteiger partial charge in [0, 0.05) is 20.4 Å². The Morgan fingerprint density at radius 2 is 1.37 bits per heavy atom. The van der Waals surface area contributed by atoms with Gasteiger partial charge in [0.2, 0.25) is 0 Å². The fraction of sp³-hybridized carbons (Fsp3) is 0. The summed E-state index contributed by atoms with van der Waals surface area (Å²) in [5.74, 6) is 0. The Morgan fingerprint density at radius 3 is 2.00 bits per heavy atom. The molecule has 0 aliphatic carbocycles.